The summed E-state index contributed by atoms with van der Waals surface area (Å²) in [6.45, 7) is 3.33. The summed E-state index contributed by atoms with van der Waals surface area (Å²) in [5.74, 6) is 0. The summed E-state index contributed by atoms with van der Waals surface area (Å²) in [6, 6.07) is -0.181. The van der Waals surface area contributed by atoms with E-state index >= 15 is 0 Å². The molecule has 1 unspecified atom stereocenters. The molecule has 1 saturated heterocycles. The first kappa shape index (κ1) is 13.6. The number of aliphatic hydroxyl groups is 1. The first-order chi connectivity index (χ1) is 8.67. The monoisotopic (exact) mass is 288 g/mol. The van der Waals surface area contributed by atoms with Crippen molar-refractivity contribution in [2.75, 3.05) is 24.2 Å². The molecule has 0 spiro atoms. The van der Waals surface area contributed by atoms with Gasteiger partial charge in [-0.25, -0.2) is 9.69 Å². The zero-order chi connectivity index (χ0) is 13.1. The normalized spacial score (nSPS) is 20.6. The topological polar surface area (TPSA) is 69.6 Å². The molecule has 1 fully saturated rings. The lowest BCUT2D eigenvalue weighted by atomic mass is 10.2. The summed E-state index contributed by atoms with van der Waals surface area (Å²) in [5.41, 5.74) is 0. The van der Waals surface area contributed by atoms with Gasteiger partial charge in [-0.05, 0) is 12.7 Å². The fourth-order valence-electron chi connectivity index (χ4n) is 1.84. The van der Waals surface area contributed by atoms with Crippen LogP contribution in [-0.4, -0.2) is 51.8 Å². The number of hydrogen-bond donors (Lipinski definition) is 1. The number of anilines is 1. The fraction of sp³-hybridized carbons (Fsp3) is 0.700. The van der Waals surface area contributed by atoms with Gasteiger partial charge in [-0.15, -0.1) is 10.2 Å². The first-order valence-corrected chi connectivity index (χ1v) is 7.85. The van der Waals surface area contributed by atoms with Crippen molar-refractivity contribution in [3.05, 3.63) is 0 Å². The number of aliphatic hydroxyl groups excluding tert-OH is 1. The highest BCUT2D eigenvalue weighted by atomic mass is 32.2. The van der Waals surface area contributed by atoms with Crippen LogP contribution < -0.4 is 4.90 Å². The summed E-state index contributed by atoms with van der Waals surface area (Å²) < 4.78 is 0.789. The minimum atomic E-state index is -0.798. The van der Waals surface area contributed by atoms with E-state index in [0.29, 0.717) is 24.6 Å². The second-order valence-corrected chi connectivity index (χ2v) is 5.97. The van der Waals surface area contributed by atoms with Crippen LogP contribution >= 0.6 is 23.1 Å². The molecule has 18 heavy (non-hydrogen) atoms. The van der Waals surface area contributed by atoms with Crippen molar-refractivity contribution in [1.82, 2.24) is 15.1 Å². The van der Waals surface area contributed by atoms with Crippen molar-refractivity contribution in [2.45, 2.75) is 30.3 Å². The van der Waals surface area contributed by atoms with Gasteiger partial charge in [0.05, 0.1) is 0 Å². The molecule has 1 aliphatic rings. The van der Waals surface area contributed by atoms with Crippen LogP contribution in [0.25, 0.3) is 0 Å². The van der Waals surface area contributed by atoms with Gasteiger partial charge >= 0.3 is 6.03 Å². The zero-order valence-corrected chi connectivity index (χ0v) is 12.0. The molecule has 2 rings (SSSR count). The highest BCUT2D eigenvalue weighted by Gasteiger charge is 2.34. The molecule has 0 saturated carbocycles. The highest BCUT2D eigenvalue weighted by Crippen LogP contribution is 2.30. The quantitative estimate of drug-likeness (QED) is 0.673. The van der Waals surface area contributed by atoms with Crippen LogP contribution in [0.4, 0.5) is 9.93 Å². The average molecular weight is 288 g/mol. The Morgan fingerprint density at radius 1 is 1.56 bits per heavy atom. The van der Waals surface area contributed by atoms with Gasteiger partial charge in [-0.1, -0.05) is 30.0 Å². The van der Waals surface area contributed by atoms with E-state index in [9.17, 15) is 9.90 Å². The molecule has 2 heterocycles. The van der Waals surface area contributed by atoms with Crippen molar-refractivity contribution in [2.24, 2.45) is 0 Å². The SMILES string of the molecule is CCCN1CCC(O)N(c2nnc(SC)s2)C1=O. The number of nitrogens with zero attached hydrogens (tertiary/aromatic N) is 4. The van der Waals surface area contributed by atoms with E-state index in [0.717, 1.165) is 10.8 Å². The molecular weight excluding hydrogens is 272 g/mol. The van der Waals surface area contributed by atoms with Crippen molar-refractivity contribution in [3.63, 3.8) is 0 Å². The van der Waals surface area contributed by atoms with Gasteiger partial charge in [0.1, 0.15) is 6.23 Å². The number of carbonyl (C=O) groups excluding carboxylic acids is 1. The molecule has 1 atom stereocenters. The van der Waals surface area contributed by atoms with E-state index in [1.165, 1.54) is 28.0 Å². The molecule has 8 heteroatoms. The number of carbonyl (C=O) groups is 1. The van der Waals surface area contributed by atoms with Gasteiger partial charge in [0, 0.05) is 19.5 Å². The number of aromatic nitrogens is 2. The highest BCUT2D eigenvalue weighted by molar-refractivity contribution is 8.00. The predicted molar refractivity (Wildman–Crippen MR) is 72.1 cm³/mol. The number of amides is 2. The Bertz CT molecular complexity index is 426. The Morgan fingerprint density at radius 3 is 2.94 bits per heavy atom. The Labute approximate surface area is 114 Å². The molecule has 1 aliphatic heterocycles. The van der Waals surface area contributed by atoms with Crippen LogP contribution in [0.3, 0.4) is 0 Å². The Hall–Kier alpha value is -0.860. The third-order valence-corrected chi connectivity index (χ3v) is 4.60. The molecule has 2 amide bonds. The summed E-state index contributed by atoms with van der Waals surface area (Å²) in [6.07, 6.45) is 2.55. The van der Waals surface area contributed by atoms with Gasteiger partial charge in [-0.2, -0.15) is 0 Å². The minimum absolute atomic E-state index is 0.181. The molecule has 0 aromatic carbocycles. The molecule has 0 aliphatic carbocycles. The molecule has 0 radical (unpaired) electrons. The molecule has 1 aromatic heterocycles. The van der Waals surface area contributed by atoms with Crippen LogP contribution in [0, 0.1) is 0 Å². The summed E-state index contributed by atoms with van der Waals surface area (Å²) in [5, 5.41) is 18.4. The molecular formula is C10H16N4O2S2. The largest absolute Gasteiger partial charge is 0.373 e. The molecule has 6 nitrogen and oxygen atoms in total. The van der Waals surface area contributed by atoms with Gasteiger partial charge in [0.2, 0.25) is 5.13 Å². The van der Waals surface area contributed by atoms with E-state index in [4.69, 9.17) is 0 Å². The maximum absolute atomic E-state index is 12.2. The lowest BCUT2D eigenvalue weighted by Crippen LogP contribution is -2.54. The number of urea groups is 1. The van der Waals surface area contributed by atoms with E-state index in [1.807, 2.05) is 13.2 Å². The molecule has 1 aromatic rings. The standard InChI is InChI=1S/C10H16N4O2S2/c1-3-5-13-6-4-7(15)14(10(13)16)8-11-12-9(17-2)18-8/h7,15H,3-6H2,1-2H3. The number of thioether (sulfide) groups is 1. The van der Waals surface area contributed by atoms with Crippen molar-refractivity contribution < 1.29 is 9.90 Å². The van der Waals surface area contributed by atoms with Crippen LogP contribution in [0.1, 0.15) is 19.8 Å². The lowest BCUT2D eigenvalue weighted by Gasteiger charge is -2.37. The summed E-state index contributed by atoms with van der Waals surface area (Å²) >= 11 is 2.81. The van der Waals surface area contributed by atoms with Crippen molar-refractivity contribution in [1.29, 1.82) is 0 Å². The Morgan fingerprint density at radius 2 is 2.33 bits per heavy atom. The predicted octanol–water partition coefficient (Wildman–Crippen LogP) is 1.62. The van der Waals surface area contributed by atoms with Crippen LogP contribution in [0.5, 0.6) is 0 Å². The van der Waals surface area contributed by atoms with E-state index < -0.39 is 6.23 Å². The third-order valence-electron chi connectivity index (χ3n) is 2.70. The van der Waals surface area contributed by atoms with Gasteiger partial charge in [-0.3, -0.25) is 0 Å². The van der Waals surface area contributed by atoms with Crippen molar-refractivity contribution >= 4 is 34.3 Å². The van der Waals surface area contributed by atoms with Crippen molar-refractivity contribution in [3.8, 4) is 0 Å². The van der Waals surface area contributed by atoms with Crippen LogP contribution in [-0.2, 0) is 0 Å². The second kappa shape index (κ2) is 5.85. The van der Waals surface area contributed by atoms with Crippen LogP contribution in [0.15, 0.2) is 4.34 Å². The molecule has 1 N–H and O–H groups in total. The smallest absolute Gasteiger partial charge is 0.328 e. The zero-order valence-electron chi connectivity index (χ0n) is 10.4. The fourth-order valence-corrected chi connectivity index (χ4v) is 3.14. The first-order valence-electron chi connectivity index (χ1n) is 5.81. The lowest BCUT2D eigenvalue weighted by molar-refractivity contribution is 0.109. The Balaban J connectivity index is 2.20. The number of hydrogen-bond acceptors (Lipinski definition) is 6. The molecule has 100 valence electrons. The maximum Gasteiger partial charge on any atom is 0.328 e. The molecule has 0 bridgehead atoms. The van der Waals surface area contributed by atoms with Gasteiger partial charge < -0.3 is 10.0 Å². The van der Waals surface area contributed by atoms with E-state index in [1.54, 1.807) is 4.90 Å². The summed E-state index contributed by atoms with van der Waals surface area (Å²) in [7, 11) is 0. The maximum atomic E-state index is 12.2. The van der Waals surface area contributed by atoms with E-state index in [-0.39, 0.29) is 6.03 Å². The Kier molecular flexibility index (Phi) is 4.41. The average Bonchev–Trinajstić information content (AvgIpc) is 2.82. The van der Waals surface area contributed by atoms with Gasteiger partial charge in [0.25, 0.3) is 0 Å². The minimum Gasteiger partial charge on any atom is -0.373 e. The summed E-state index contributed by atoms with van der Waals surface area (Å²) in [4.78, 5) is 15.3. The second-order valence-electron chi connectivity index (χ2n) is 3.96. The van der Waals surface area contributed by atoms with Gasteiger partial charge in [0.15, 0.2) is 4.34 Å². The third kappa shape index (κ3) is 2.60. The van der Waals surface area contributed by atoms with Crippen LogP contribution in [0.2, 0.25) is 0 Å². The van der Waals surface area contributed by atoms with E-state index in [2.05, 4.69) is 10.2 Å². The number of rotatable bonds is 4.